The Morgan fingerprint density at radius 3 is 2.64 bits per heavy atom. The number of rotatable bonds is 2. The molecule has 1 radical (unpaired) electrons. The van der Waals surface area contributed by atoms with Crippen LogP contribution in [0.5, 0.6) is 0 Å². The molecule has 2 N–H and O–H groups in total. The second-order valence-corrected chi connectivity index (χ2v) is 2.48. The fraction of sp³-hybridized carbons (Fsp3) is 0.571. The lowest BCUT2D eigenvalue weighted by atomic mass is 10.0. The van der Waals surface area contributed by atoms with E-state index in [4.69, 9.17) is 5.73 Å². The van der Waals surface area contributed by atoms with Crippen molar-refractivity contribution in [3.8, 4) is 0 Å². The third kappa shape index (κ3) is 1.34. The quantitative estimate of drug-likeness (QED) is 0.573. The van der Waals surface area contributed by atoms with Crippen LogP contribution in [0.1, 0.15) is 13.3 Å². The van der Waals surface area contributed by atoms with Crippen molar-refractivity contribution in [3.63, 3.8) is 0 Å². The van der Waals surface area contributed by atoms with E-state index in [1.165, 1.54) is 4.90 Å². The van der Waals surface area contributed by atoms with Gasteiger partial charge < -0.3 is 10.6 Å². The fourth-order valence-corrected chi connectivity index (χ4v) is 1.05. The third-order valence-electron chi connectivity index (χ3n) is 1.78. The van der Waals surface area contributed by atoms with Crippen LogP contribution in [0.4, 0.5) is 0 Å². The Morgan fingerprint density at radius 2 is 2.36 bits per heavy atom. The maximum atomic E-state index is 11.0. The molecule has 0 aromatic carbocycles. The molecule has 0 bridgehead atoms. The lowest BCUT2D eigenvalue weighted by Crippen LogP contribution is -2.57. The highest BCUT2D eigenvalue weighted by atomic mass is 16.2. The monoisotopic (exact) mass is 155 g/mol. The molecule has 1 heterocycles. The van der Waals surface area contributed by atoms with Crippen molar-refractivity contribution in [3.05, 3.63) is 6.42 Å². The van der Waals surface area contributed by atoms with E-state index in [-0.39, 0.29) is 5.91 Å². The molecular weight excluding hydrogens is 144 g/mol. The minimum atomic E-state index is -0.456. The van der Waals surface area contributed by atoms with Crippen molar-refractivity contribution >= 4 is 11.8 Å². The summed E-state index contributed by atoms with van der Waals surface area (Å²) in [5.74, 6) is -0.464. The van der Waals surface area contributed by atoms with Crippen LogP contribution in [0.3, 0.4) is 0 Å². The van der Waals surface area contributed by atoms with Crippen molar-refractivity contribution in [1.29, 1.82) is 0 Å². The maximum absolute atomic E-state index is 11.0. The largest absolute Gasteiger partial charge is 0.368 e. The van der Waals surface area contributed by atoms with Gasteiger partial charge in [0.15, 0.2) is 0 Å². The first-order valence-corrected chi connectivity index (χ1v) is 3.59. The zero-order chi connectivity index (χ0) is 8.43. The number of hydrogen-bond donors (Lipinski definition) is 1. The molecule has 61 valence electrons. The summed E-state index contributed by atoms with van der Waals surface area (Å²) in [6.07, 6.45) is 2.16. The standard InChI is InChI=1S/C7H11N2O2/c1-2-6(10)9-4-3-5(9)7(8)11/h3,5H,2,4H2,1H3,(H2,8,11). The van der Waals surface area contributed by atoms with Crippen LogP contribution >= 0.6 is 0 Å². The van der Waals surface area contributed by atoms with Crippen molar-refractivity contribution in [2.24, 2.45) is 5.73 Å². The number of nitrogens with two attached hydrogens (primary N) is 1. The van der Waals surface area contributed by atoms with E-state index >= 15 is 0 Å². The summed E-state index contributed by atoms with van der Waals surface area (Å²) in [6, 6.07) is -0.456. The first-order valence-electron chi connectivity index (χ1n) is 3.59. The van der Waals surface area contributed by atoms with Crippen LogP contribution in [0.15, 0.2) is 0 Å². The SMILES string of the molecule is CCC(=O)N1C[CH]C1C(N)=O. The van der Waals surface area contributed by atoms with Gasteiger partial charge >= 0.3 is 0 Å². The molecule has 1 fully saturated rings. The van der Waals surface area contributed by atoms with E-state index in [1.54, 1.807) is 13.3 Å². The lowest BCUT2D eigenvalue weighted by Gasteiger charge is -2.38. The average molecular weight is 155 g/mol. The highest BCUT2D eigenvalue weighted by Crippen LogP contribution is 2.16. The Balaban J connectivity index is 2.49. The first kappa shape index (κ1) is 8.04. The summed E-state index contributed by atoms with van der Waals surface area (Å²) in [4.78, 5) is 23.1. The normalized spacial score (nSPS) is 22.6. The third-order valence-corrected chi connectivity index (χ3v) is 1.78. The van der Waals surface area contributed by atoms with E-state index < -0.39 is 11.9 Å². The van der Waals surface area contributed by atoms with Gasteiger partial charge in [-0.05, 0) is 0 Å². The number of likely N-dealkylation sites (tertiary alicyclic amines) is 1. The molecule has 0 aromatic rings. The maximum Gasteiger partial charge on any atom is 0.240 e. The first-order chi connectivity index (χ1) is 5.16. The molecule has 1 atom stereocenters. The molecule has 1 aliphatic heterocycles. The molecular formula is C7H11N2O2. The molecule has 2 amide bonds. The van der Waals surface area contributed by atoms with Gasteiger partial charge in [0.25, 0.3) is 0 Å². The van der Waals surface area contributed by atoms with E-state index in [1.807, 2.05) is 0 Å². The summed E-state index contributed by atoms with van der Waals surface area (Å²) in [7, 11) is 0. The van der Waals surface area contributed by atoms with Crippen LogP contribution in [0, 0.1) is 6.42 Å². The van der Waals surface area contributed by atoms with Crippen LogP contribution in [-0.4, -0.2) is 29.3 Å². The van der Waals surface area contributed by atoms with Gasteiger partial charge in [-0.2, -0.15) is 0 Å². The van der Waals surface area contributed by atoms with Gasteiger partial charge in [-0.3, -0.25) is 9.59 Å². The Bertz CT molecular complexity index is 191. The number of hydrogen-bond acceptors (Lipinski definition) is 2. The van der Waals surface area contributed by atoms with Crippen LogP contribution in [0.2, 0.25) is 0 Å². The van der Waals surface area contributed by atoms with Gasteiger partial charge in [-0.1, -0.05) is 6.92 Å². The summed E-state index contributed by atoms with van der Waals surface area (Å²) in [5.41, 5.74) is 5.02. The predicted molar refractivity (Wildman–Crippen MR) is 39.3 cm³/mol. The topological polar surface area (TPSA) is 63.4 Å². The molecule has 0 spiro atoms. The molecule has 0 aliphatic carbocycles. The summed E-state index contributed by atoms with van der Waals surface area (Å²) in [5, 5.41) is 0. The van der Waals surface area contributed by atoms with Crippen molar-refractivity contribution in [1.82, 2.24) is 4.90 Å². The van der Waals surface area contributed by atoms with E-state index in [0.717, 1.165) is 0 Å². The van der Waals surface area contributed by atoms with E-state index in [9.17, 15) is 9.59 Å². The minimum Gasteiger partial charge on any atom is -0.368 e. The second-order valence-electron chi connectivity index (χ2n) is 2.48. The Hall–Kier alpha value is -1.06. The molecule has 4 heteroatoms. The zero-order valence-electron chi connectivity index (χ0n) is 6.41. The van der Waals surface area contributed by atoms with Crippen molar-refractivity contribution < 1.29 is 9.59 Å². The zero-order valence-corrected chi connectivity index (χ0v) is 6.41. The van der Waals surface area contributed by atoms with Gasteiger partial charge in [0.2, 0.25) is 11.8 Å². The highest BCUT2D eigenvalue weighted by Gasteiger charge is 2.35. The summed E-state index contributed by atoms with van der Waals surface area (Å²) >= 11 is 0. The summed E-state index contributed by atoms with van der Waals surface area (Å²) in [6.45, 7) is 2.32. The van der Waals surface area contributed by atoms with Crippen LogP contribution in [0.25, 0.3) is 0 Å². The Labute approximate surface area is 65.3 Å². The van der Waals surface area contributed by atoms with Gasteiger partial charge in [-0.25, -0.2) is 0 Å². The number of nitrogens with zero attached hydrogens (tertiary/aromatic N) is 1. The van der Waals surface area contributed by atoms with Gasteiger partial charge in [0.1, 0.15) is 6.04 Å². The predicted octanol–water partition coefficient (Wildman–Crippen LogP) is -0.703. The molecule has 1 rings (SSSR count). The lowest BCUT2D eigenvalue weighted by molar-refractivity contribution is -0.141. The van der Waals surface area contributed by atoms with E-state index in [0.29, 0.717) is 13.0 Å². The minimum absolute atomic E-state index is 0.0173. The molecule has 11 heavy (non-hydrogen) atoms. The molecule has 0 aromatic heterocycles. The van der Waals surface area contributed by atoms with E-state index in [2.05, 4.69) is 0 Å². The van der Waals surface area contributed by atoms with Gasteiger partial charge in [-0.15, -0.1) is 0 Å². The molecule has 1 saturated heterocycles. The molecule has 4 nitrogen and oxygen atoms in total. The fourth-order valence-electron chi connectivity index (χ4n) is 1.05. The second kappa shape index (κ2) is 2.90. The van der Waals surface area contributed by atoms with Crippen LogP contribution < -0.4 is 5.73 Å². The molecule has 0 saturated carbocycles. The Morgan fingerprint density at radius 1 is 1.73 bits per heavy atom. The average Bonchev–Trinajstić information content (AvgIpc) is 1.83. The van der Waals surface area contributed by atoms with Crippen molar-refractivity contribution in [2.75, 3.05) is 6.54 Å². The summed E-state index contributed by atoms with van der Waals surface area (Å²) < 4.78 is 0. The molecule has 1 aliphatic rings. The van der Waals surface area contributed by atoms with Gasteiger partial charge in [0.05, 0.1) is 0 Å². The number of amides is 2. The van der Waals surface area contributed by atoms with Crippen molar-refractivity contribution in [2.45, 2.75) is 19.4 Å². The molecule has 1 unspecified atom stereocenters. The number of carbonyl (C=O) groups is 2. The highest BCUT2D eigenvalue weighted by molar-refractivity contribution is 5.89. The smallest absolute Gasteiger partial charge is 0.240 e. The number of carbonyl (C=O) groups excluding carboxylic acids is 2. The van der Waals surface area contributed by atoms with Gasteiger partial charge in [0, 0.05) is 19.4 Å². The number of primary amides is 1. The van der Waals surface area contributed by atoms with Crippen LogP contribution in [-0.2, 0) is 9.59 Å². The Kier molecular flexibility index (Phi) is 2.12.